The highest BCUT2D eigenvalue weighted by molar-refractivity contribution is 7.22. The molecule has 1 unspecified atom stereocenters. The Kier molecular flexibility index (Phi) is 6.47. The number of fused-ring (bicyclic) bond motifs is 1. The molecule has 4 aromatic rings. The molecule has 34 heavy (non-hydrogen) atoms. The molecule has 2 aromatic carbocycles. The molecule has 3 heterocycles. The van der Waals surface area contributed by atoms with Gasteiger partial charge >= 0.3 is 0 Å². The fourth-order valence-corrected chi connectivity index (χ4v) is 5.90. The van der Waals surface area contributed by atoms with E-state index in [0.717, 1.165) is 40.4 Å². The van der Waals surface area contributed by atoms with Crippen molar-refractivity contribution in [1.29, 1.82) is 0 Å². The van der Waals surface area contributed by atoms with Crippen LogP contribution in [0.2, 0.25) is 5.02 Å². The Morgan fingerprint density at radius 2 is 2.00 bits per heavy atom. The van der Waals surface area contributed by atoms with Crippen molar-refractivity contribution in [3.05, 3.63) is 81.9 Å². The minimum absolute atomic E-state index is 0.0284. The molecule has 1 aliphatic heterocycles. The zero-order valence-electron chi connectivity index (χ0n) is 19.5. The van der Waals surface area contributed by atoms with E-state index in [9.17, 15) is 4.79 Å². The Labute approximate surface area is 208 Å². The van der Waals surface area contributed by atoms with Crippen LogP contribution < -0.4 is 10.3 Å². The normalized spacial score (nSPS) is 18.9. The average molecular weight is 494 g/mol. The molecule has 1 fully saturated rings. The highest BCUT2D eigenvalue weighted by atomic mass is 35.5. The number of hydrogen-bond donors (Lipinski definition) is 0. The lowest BCUT2D eigenvalue weighted by molar-refractivity contribution is 0.0700. The Morgan fingerprint density at radius 1 is 1.18 bits per heavy atom. The number of piperidine rings is 1. The Morgan fingerprint density at radius 3 is 2.79 bits per heavy atom. The summed E-state index contributed by atoms with van der Waals surface area (Å²) in [4.78, 5) is 21.1. The van der Waals surface area contributed by atoms with Gasteiger partial charge in [0.05, 0.1) is 25.0 Å². The maximum absolute atomic E-state index is 13.2. The van der Waals surface area contributed by atoms with E-state index in [2.05, 4.69) is 23.9 Å². The van der Waals surface area contributed by atoms with Gasteiger partial charge in [-0.2, -0.15) is 0 Å². The van der Waals surface area contributed by atoms with Gasteiger partial charge in [-0.15, -0.1) is 11.3 Å². The first kappa shape index (κ1) is 23.1. The fraction of sp³-hybridized carbons (Fsp3) is 0.333. The number of aromatic nitrogens is 2. The van der Waals surface area contributed by atoms with Crippen molar-refractivity contribution < 1.29 is 4.74 Å². The van der Waals surface area contributed by atoms with Gasteiger partial charge in [-0.25, -0.2) is 4.98 Å². The van der Waals surface area contributed by atoms with Gasteiger partial charge in [-0.3, -0.25) is 9.36 Å². The molecule has 0 bridgehead atoms. The van der Waals surface area contributed by atoms with E-state index in [1.54, 1.807) is 10.9 Å². The SMILES string of the molecule is CN1CCCC(C)(COc2cccc(Cn3cnc4cc(-c5ccc(Cl)cc5)sc4c3=O)c2)C1. The largest absolute Gasteiger partial charge is 0.493 e. The van der Waals surface area contributed by atoms with Crippen LogP contribution in [0.1, 0.15) is 25.3 Å². The molecule has 0 N–H and O–H groups in total. The number of benzene rings is 2. The Bertz CT molecular complexity index is 1360. The van der Waals surface area contributed by atoms with Crippen molar-refractivity contribution in [2.24, 2.45) is 5.41 Å². The topological polar surface area (TPSA) is 47.4 Å². The highest BCUT2D eigenvalue weighted by Gasteiger charge is 2.30. The van der Waals surface area contributed by atoms with Crippen LogP contribution in [0.4, 0.5) is 0 Å². The summed E-state index contributed by atoms with van der Waals surface area (Å²) < 4.78 is 8.53. The molecule has 0 aliphatic carbocycles. The third-order valence-corrected chi connectivity index (χ3v) is 7.86. The maximum atomic E-state index is 13.2. The predicted octanol–water partition coefficient (Wildman–Crippen LogP) is 5.94. The molecule has 1 atom stereocenters. The number of nitrogens with zero attached hydrogens (tertiary/aromatic N) is 3. The standard InChI is InChI=1S/C27H28ClN3O2S/c1-27(11-4-12-30(2)16-27)17-33-22-6-3-5-19(13-22)15-31-18-29-23-14-24(34-25(23)26(31)32)20-7-9-21(28)10-8-20/h3,5-10,13-14,18H,4,11-12,15-17H2,1-2H3. The van der Waals surface area contributed by atoms with Crippen molar-refractivity contribution >= 4 is 33.2 Å². The fourth-order valence-electron chi connectivity index (χ4n) is 4.71. The van der Waals surface area contributed by atoms with Crippen molar-refractivity contribution in [1.82, 2.24) is 14.5 Å². The third kappa shape index (κ3) is 5.04. The Balaban J connectivity index is 1.33. The van der Waals surface area contributed by atoms with Crippen LogP contribution in [-0.4, -0.2) is 41.2 Å². The quantitative estimate of drug-likeness (QED) is 0.333. The summed E-state index contributed by atoms with van der Waals surface area (Å²) in [5, 5.41) is 0.691. The number of halogens is 1. The summed E-state index contributed by atoms with van der Waals surface area (Å²) in [6, 6.07) is 17.6. The van der Waals surface area contributed by atoms with Crippen LogP contribution in [0.5, 0.6) is 5.75 Å². The van der Waals surface area contributed by atoms with E-state index in [-0.39, 0.29) is 11.0 Å². The average Bonchev–Trinajstić information content (AvgIpc) is 3.26. The molecule has 1 saturated heterocycles. The number of rotatable bonds is 6. The first-order valence-corrected chi connectivity index (χ1v) is 12.7. The molecule has 5 rings (SSSR count). The minimum Gasteiger partial charge on any atom is -0.493 e. The second-order valence-electron chi connectivity index (χ2n) is 9.60. The summed E-state index contributed by atoms with van der Waals surface area (Å²) in [6.07, 6.45) is 4.02. The zero-order chi connectivity index (χ0) is 23.7. The van der Waals surface area contributed by atoms with Gasteiger partial charge in [0.15, 0.2) is 0 Å². The molecule has 0 spiro atoms. The van der Waals surface area contributed by atoms with Crippen LogP contribution in [-0.2, 0) is 6.54 Å². The van der Waals surface area contributed by atoms with Gasteiger partial charge in [0.1, 0.15) is 10.4 Å². The Hall–Kier alpha value is -2.67. The summed E-state index contributed by atoms with van der Waals surface area (Å²) in [5.74, 6) is 0.843. The van der Waals surface area contributed by atoms with Crippen LogP contribution in [0, 0.1) is 5.41 Å². The van der Waals surface area contributed by atoms with E-state index < -0.39 is 0 Å². The minimum atomic E-state index is -0.0284. The molecular formula is C27H28ClN3O2S. The third-order valence-electron chi connectivity index (χ3n) is 6.44. The molecular weight excluding hydrogens is 466 g/mol. The summed E-state index contributed by atoms with van der Waals surface area (Å²) in [5.41, 5.74) is 2.90. The first-order valence-electron chi connectivity index (χ1n) is 11.5. The van der Waals surface area contributed by atoms with Crippen LogP contribution in [0.15, 0.2) is 65.7 Å². The molecule has 1 aliphatic rings. The lowest BCUT2D eigenvalue weighted by Gasteiger charge is -2.38. The summed E-state index contributed by atoms with van der Waals surface area (Å²) >= 11 is 7.48. The van der Waals surface area contributed by atoms with Crippen molar-refractivity contribution in [3.63, 3.8) is 0 Å². The smallest absolute Gasteiger partial charge is 0.271 e. The lowest BCUT2D eigenvalue weighted by atomic mass is 9.83. The summed E-state index contributed by atoms with van der Waals surface area (Å²) in [7, 11) is 2.17. The van der Waals surface area contributed by atoms with E-state index in [0.29, 0.717) is 22.9 Å². The lowest BCUT2D eigenvalue weighted by Crippen LogP contribution is -2.42. The van der Waals surface area contributed by atoms with Crippen LogP contribution in [0.3, 0.4) is 0 Å². The zero-order valence-corrected chi connectivity index (χ0v) is 21.0. The number of ether oxygens (including phenoxy) is 1. The highest BCUT2D eigenvalue weighted by Crippen LogP contribution is 2.32. The number of hydrogen-bond acceptors (Lipinski definition) is 5. The van der Waals surface area contributed by atoms with Crippen molar-refractivity contribution in [2.45, 2.75) is 26.3 Å². The van der Waals surface area contributed by atoms with E-state index in [1.165, 1.54) is 24.2 Å². The van der Waals surface area contributed by atoms with Gasteiger partial charge in [0.2, 0.25) is 0 Å². The van der Waals surface area contributed by atoms with Crippen molar-refractivity contribution in [3.8, 4) is 16.2 Å². The second kappa shape index (κ2) is 9.53. The van der Waals surface area contributed by atoms with Gasteiger partial charge < -0.3 is 9.64 Å². The van der Waals surface area contributed by atoms with E-state index in [1.807, 2.05) is 54.6 Å². The van der Waals surface area contributed by atoms with E-state index >= 15 is 0 Å². The monoisotopic (exact) mass is 493 g/mol. The predicted molar refractivity (Wildman–Crippen MR) is 140 cm³/mol. The summed E-state index contributed by atoms with van der Waals surface area (Å²) in [6.45, 7) is 5.65. The number of thiophene rings is 1. The molecule has 0 amide bonds. The van der Waals surface area contributed by atoms with Gasteiger partial charge in [0.25, 0.3) is 5.56 Å². The van der Waals surface area contributed by atoms with E-state index in [4.69, 9.17) is 16.3 Å². The van der Waals surface area contributed by atoms with Gasteiger partial charge in [-0.05, 0) is 67.9 Å². The molecule has 7 heteroatoms. The van der Waals surface area contributed by atoms with Crippen LogP contribution in [0.25, 0.3) is 20.7 Å². The maximum Gasteiger partial charge on any atom is 0.271 e. The number of likely N-dealkylation sites (tertiary alicyclic amines) is 1. The molecule has 2 aromatic heterocycles. The van der Waals surface area contributed by atoms with Gasteiger partial charge in [-0.1, -0.05) is 42.8 Å². The molecule has 0 saturated carbocycles. The van der Waals surface area contributed by atoms with Gasteiger partial charge in [0, 0.05) is 21.9 Å². The molecule has 176 valence electrons. The molecule has 5 nitrogen and oxygen atoms in total. The second-order valence-corrected chi connectivity index (χ2v) is 11.1. The first-order chi connectivity index (χ1) is 16.4. The molecule has 0 radical (unpaired) electrons. The van der Waals surface area contributed by atoms with Crippen molar-refractivity contribution in [2.75, 3.05) is 26.7 Å². The van der Waals surface area contributed by atoms with Crippen LogP contribution >= 0.6 is 22.9 Å².